The fraction of sp³-hybridized carbons (Fsp3) is 0.429. The highest BCUT2D eigenvalue weighted by Crippen LogP contribution is 2.23. The molecule has 1 amide bonds. The predicted molar refractivity (Wildman–Crippen MR) is 107 cm³/mol. The average Bonchev–Trinajstić information content (AvgIpc) is 2.62. The van der Waals surface area contributed by atoms with Gasteiger partial charge in [-0.3, -0.25) is 9.78 Å². The Bertz CT molecular complexity index is 743. The summed E-state index contributed by atoms with van der Waals surface area (Å²) in [6, 6.07) is 10.3. The van der Waals surface area contributed by atoms with Gasteiger partial charge < -0.3 is 15.5 Å². The van der Waals surface area contributed by atoms with Crippen LogP contribution in [0.2, 0.25) is 0 Å². The van der Waals surface area contributed by atoms with Gasteiger partial charge in [-0.25, -0.2) is 0 Å². The molecular weight excluding hydrogens is 324 g/mol. The van der Waals surface area contributed by atoms with Crippen LogP contribution in [0.3, 0.4) is 0 Å². The molecule has 1 aliphatic rings. The number of benzene rings is 1. The summed E-state index contributed by atoms with van der Waals surface area (Å²) in [5.41, 5.74) is 3.34. The molecule has 0 saturated carbocycles. The molecule has 0 atom stereocenters. The number of hydrogen-bond donors (Lipinski definition) is 2. The van der Waals surface area contributed by atoms with Gasteiger partial charge >= 0.3 is 0 Å². The van der Waals surface area contributed by atoms with Gasteiger partial charge in [0.1, 0.15) is 0 Å². The molecule has 0 spiro atoms. The van der Waals surface area contributed by atoms with E-state index in [2.05, 4.69) is 44.8 Å². The minimum atomic E-state index is -0.273. The first-order chi connectivity index (χ1) is 12.4. The van der Waals surface area contributed by atoms with E-state index in [9.17, 15) is 4.79 Å². The third kappa shape index (κ3) is 4.97. The Kier molecular flexibility index (Phi) is 5.45. The lowest BCUT2D eigenvalue weighted by atomic mass is 10.1. The summed E-state index contributed by atoms with van der Waals surface area (Å²) in [5.74, 6) is -0.117. The van der Waals surface area contributed by atoms with Gasteiger partial charge in [0.15, 0.2) is 0 Å². The number of hydrogen-bond acceptors (Lipinski definition) is 4. The van der Waals surface area contributed by atoms with Crippen molar-refractivity contribution in [3.63, 3.8) is 0 Å². The Morgan fingerprint density at radius 2 is 1.69 bits per heavy atom. The number of nitrogens with zero attached hydrogens (tertiary/aromatic N) is 2. The van der Waals surface area contributed by atoms with E-state index in [1.807, 2.05) is 26.8 Å². The van der Waals surface area contributed by atoms with E-state index < -0.39 is 0 Å². The number of rotatable bonds is 4. The van der Waals surface area contributed by atoms with Crippen LogP contribution in [0.5, 0.6) is 0 Å². The maximum atomic E-state index is 12.3. The monoisotopic (exact) mass is 352 g/mol. The molecule has 2 heterocycles. The zero-order chi connectivity index (χ0) is 18.6. The number of carbonyl (C=O) groups is 1. The Balaban J connectivity index is 1.67. The van der Waals surface area contributed by atoms with Crippen LogP contribution in [0.15, 0.2) is 42.7 Å². The van der Waals surface area contributed by atoms with E-state index in [1.54, 1.807) is 12.4 Å². The van der Waals surface area contributed by atoms with Crippen molar-refractivity contribution < 1.29 is 4.79 Å². The molecule has 1 fully saturated rings. The van der Waals surface area contributed by atoms with Crippen molar-refractivity contribution in [1.82, 2.24) is 10.3 Å². The summed E-state index contributed by atoms with van der Waals surface area (Å²) in [6.45, 7) is 8.17. The van der Waals surface area contributed by atoms with Crippen LogP contribution in [0.4, 0.5) is 17.1 Å². The highest BCUT2D eigenvalue weighted by Gasteiger charge is 2.16. The molecule has 2 aromatic rings. The van der Waals surface area contributed by atoms with Crippen LogP contribution in [0.25, 0.3) is 0 Å². The number of amides is 1. The molecule has 26 heavy (non-hydrogen) atoms. The quantitative estimate of drug-likeness (QED) is 0.859. The molecule has 0 unspecified atom stereocenters. The lowest BCUT2D eigenvalue weighted by Crippen LogP contribution is -2.40. The lowest BCUT2D eigenvalue weighted by Gasteiger charge is -2.28. The molecule has 3 rings (SSSR count). The standard InChI is InChI=1S/C21H28N4O/c1-21(2,3)24-20(26)16-13-18(15-22-14-16)23-17-7-9-19(10-8-17)25-11-5-4-6-12-25/h7-10,13-15,23H,4-6,11-12H2,1-3H3,(H,24,26). The number of piperidine rings is 1. The van der Waals surface area contributed by atoms with Gasteiger partial charge in [0.05, 0.1) is 17.4 Å². The minimum Gasteiger partial charge on any atom is -0.372 e. The minimum absolute atomic E-state index is 0.117. The Morgan fingerprint density at radius 3 is 2.35 bits per heavy atom. The molecular formula is C21H28N4O. The van der Waals surface area contributed by atoms with E-state index in [-0.39, 0.29) is 11.4 Å². The van der Waals surface area contributed by atoms with E-state index in [1.165, 1.54) is 24.9 Å². The number of carbonyl (C=O) groups excluding carboxylic acids is 1. The van der Waals surface area contributed by atoms with Crippen molar-refractivity contribution in [1.29, 1.82) is 0 Å². The highest BCUT2D eigenvalue weighted by molar-refractivity contribution is 5.95. The second kappa shape index (κ2) is 7.77. The third-order valence-electron chi connectivity index (χ3n) is 4.37. The number of pyridine rings is 1. The molecule has 2 N–H and O–H groups in total. The van der Waals surface area contributed by atoms with Crippen molar-refractivity contribution >= 4 is 23.0 Å². The summed E-state index contributed by atoms with van der Waals surface area (Å²) in [7, 11) is 0. The normalized spacial score (nSPS) is 14.8. The fourth-order valence-electron chi connectivity index (χ4n) is 3.12. The van der Waals surface area contributed by atoms with Gasteiger partial charge in [-0.15, -0.1) is 0 Å². The fourth-order valence-corrected chi connectivity index (χ4v) is 3.12. The van der Waals surface area contributed by atoms with Crippen LogP contribution in [-0.4, -0.2) is 29.5 Å². The van der Waals surface area contributed by atoms with Crippen LogP contribution in [0.1, 0.15) is 50.4 Å². The van der Waals surface area contributed by atoms with Gasteiger partial charge in [-0.2, -0.15) is 0 Å². The maximum absolute atomic E-state index is 12.3. The zero-order valence-corrected chi connectivity index (χ0v) is 15.9. The highest BCUT2D eigenvalue weighted by atomic mass is 16.1. The first kappa shape index (κ1) is 18.2. The Labute approximate surface area is 155 Å². The van der Waals surface area contributed by atoms with Crippen molar-refractivity contribution in [2.24, 2.45) is 0 Å². The maximum Gasteiger partial charge on any atom is 0.253 e. The molecule has 0 bridgehead atoms. The number of nitrogens with one attached hydrogen (secondary N) is 2. The SMILES string of the molecule is CC(C)(C)NC(=O)c1cncc(Nc2ccc(N3CCCCC3)cc2)c1. The van der Waals surface area contributed by atoms with Crippen LogP contribution in [-0.2, 0) is 0 Å². The first-order valence-electron chi connectivity index (χ1n) is 9.30. The summed E-state index contributed by atoms with van der Waals surface area (Å²) < 4.78 is 0. The van der Waals surface area contributed by atoms with Crippen molar-refractivity contribution in [3.8, 4) is 0 Å². The number of aromatic nitrogens is 1. The molecule has 1 aromatic carbocycles. The molecule has 5 nitrogen and oxygen atoms in total. The van der Waals surface area contributed by atoms with Gasteiger partial charge in [-0.05, 0) is 70.4 Å². The van der Waals surface area contributed by atoms with Crippen LogP contribution >= 0.6 is 0 Å². The van der Waals surface area contributed by atoms with E-state index >= 15 is 0 Å². The van der Waals surface area contributed by atoms with E-state index in [4.69, 9.17) is 0 Å². The van der Waals surface area contributed by atoms with Crippen LogP contribution < -0.4 is 15.5 Å². The molecule has 0 aliphatic carbocycles. The smallest absolute Gasteiger partial charge is 0.253 e. The molecule has 1 saturated heterocycles. The third-order valence-corrected chi connectivity index (χ3v) is 4.37. The molecule has 0 radical (unpaired) electrons. The zero-order valence-electron chi connectivity index (χ0n) is 15.9. The summed E-state index contributed by atoms with van der Waals surface area (Å²) in [4.78, 5) is 18.9. The summed E-state index contributed by atoms with van der Waals surface area (Å²) in [5, 5.41) is 6.29. The topological polar surface area (TPSA) is 57.3 Å². The van der Waals surface area contributed by atoms with Crippen LogP contribution in [0, 0.1) is 0 Å². The Morgan fingerprint density at radius 1 is 1.00 bits per heavy atom. The Hall–Kier alpha value is -2.56. The molecule has 1 aliphatic heterocycles. The summed E-state index contributed by atoms with van der Waals surface area (Å²) in [6.07, 6.45) is 7.20. The van der Waals surface area contributed by atoms with Gasteiger partial charge in [0, 0.05) is 36.2 Å². The van der Waals surface area contributed by atoms with Crippen molar-refractivity contribution in [2.45, 2.75) is 45.6 Å². The van der Waals surface area contributed by atoms with E-state index in [0.29, 0.717) is 5.56 Å². The van der Waals surface area contributed by atoms with Crippen molar-refractivity contribution in [2.75, 3.05) is 23.3 Å². The lowest BCUT2D eigenvalue weighted by molar-refractivity contribution is 0.0919. The predicted octanol–water partition coefficient (Wildman–Crippen LogP) is 4.34. The van der Waals surface area contributed by atoms with Gasteiger partial charge in [0.2, 0.25) is 0 Å². The molecule has 5 heteroatoms. The largest absolute Gasteiger partial charge is 0.372 e. The van der Waals surface area contributed by atoms with Gasteiger partial charge in [-0.1, -0.05) is 0 Å². The van der Waals surface area contributed by atoms with Crippen molar-refractivity contribution in [3.05, 3.63) is 48.3 Å². The second-order valence-corrected chi connectivity index (χ2v) is 7.89. The average molecular weight is 352 g/mol. The number of anilines is 3. The second-order valence-electron chi connectivity index (χ2n) is 7.89. The molecule has 138 valence electrons. The molecule has 1 aromatic heterocycles. The van der Waals surface area contributed by atoms with E-state index in [0.717, 1.165) is 24.5 Å². The summed E-state index contributed by atoms with van der Waals surface area (Å²) >= 11 is 0. The first-order valence-corrected chi connectivity index (χ1v) is 9.30. The van der Waals surface area contributed by atoms with Gasteiger partial charge in [0.25, 0.3) is 5.91 Å².